The highest BCUT2D eigenvalue weighted by atomic mass is 32.1. The maximum absolute atomic E-state index is 11.6. The summed E-state index contributed by atoms with van der Waals surface area (Å²) in [7, 11) is 1.27. The minimum Gasteiger partial charge on any atom is -0.464 e. The van der Waals surface area contributed by atoms with Gasteiger partial charge in [-0.15, -0.1) is 11.3 Å². The molecule has 17 heavy (non-hydrogen) atoms. The molecule has 2 aromatic heterocycles. The Morgan fingerprint density at radius 2 is 2.12 bits per heavy atom. The molecule has 2 heterocycles. The van der Waals surface area contributed by atoms with Crippen LogP contribution < -0.4 is 5.56 Å². The third-order valence-electron chi connectivity index (χ3n) is 2.13. The molecule has 0 saturated carbocycles. The van der Waals surface area contributed by atoms with Crippen molar-refractivity contribution in [1.82, 2.24) is 9.78 Å². The predicted molar refractivity (Wildman–Crippen MR) is 63.8 cm³/mol. The molecule has 0 spiro atoms. The number of thiophene rings is 1. The second-order valence-corrected chi connectivity index (χ2v) is 4.61. The summed E-state index contributed by atoms with van der Waals surface area (Å²) >= 11 is 1.43. The molecule has 0 aliphatic heterocycles. The Labute approximate surface area is 101 Å². The summed E-state index contributed by atoms with van der Waals surface area (Å²) in [5.74, 6) is -0.563. The number of esters is 1. The molecule has 0 aromatic carbocycles. The Morgan fingerprint density at radius 1 is 1.35 bits per heavy atom. The molecule has 0 amide bonds. The Kier molecular flexibility index (Phi) is 3.06. The molecule has 0 aliphatic rings. The highest BCUT2D eigenvalue weighted by Gasteiger charge is 2.11. The topological polar surface area (TPSA) is 61.2 Å². The summed E-state index contributed by atoms with van der Waals surface area (Å²) in [5, 5.41) is 4.65. The Balaban J connectivity index is 2.53. The molecule has 0 unspecified atom stereocenters. The minimum atomic E-state index is -0.563. The predicted octanol–water partition coefficient (Wildman–Crippen LogP) is 1.39. The molecule has 0 N–H and O–H groups in total. The Hall–Kier alpha value is -1.95. The fraction of sp³-hybridized carbons (Fsp3) is 0.182. The maximum Gasteiger partial charge on any atom is 0.358 e. The zero-order valence-electron chi connectivity index (χ0n) is 9.34. The average molecular weight is 250 g/mol. The van der Waals surface area contributed by atoms with Crippen molar-refractivity contribution in [2.45, 2.75) is 6.92 Å². The number of carbonyl (C=O) groups excluding carboxylic acids is 1. The monoisotopic (exact) mass is 250 g/mol. The van der Waals surface area contributed by atoms with Gasteiger partial charge in [0.25, 0.3) is 5.56 Å². The van der Waals surface area contributed by atoms with Gasteiger partial charge in [-0.2, -0.15) is 9.78 Å². The molecule has 88 valence electrons. The summed E-state index contributed by atoms with van der Waals surface area (Å²) in [6.07, 6.45) is 0. The zero-order chi connectivity index (χ0) is 12.4. The molecular weight excluding hydrogens is 240 g/mol. The van der Waals surface area contributed by atoms with Crippen LogP contribution in [0.5, 0.6) is 0 Å². The van der Waals surface area contributed by atoms with E-state index in [-0.39, 0.29) is 11.3 Å². The summed E-state index contributed by atoms with van der Waals surface area (Å²) < 4.78 is 5.76. The van der Waals surface area contributed by atoms with Crippen LogP contribution in [-0.2, 0) is 4.74 Å². The Bertz CT molecular complexity index is 615. The number of hydrogen-bond acceptors (Lipinski definition) is 5. The van der Waals surface area contributed by atoms with E-state index < -0.39 is 5.97 Å². The van der Waals surface area contributed by atoms with Gasteiger partial charge in [0.15, 0.2) is 5.69 Å². The van der Waals surface area contributed by atoms with Gasteiger partial charge in [-0.1, -0.05) is 0 Å². The summed E-state index contributed by atoms with van der Waals surface area (Å²) in [4.78, 5) is 24.0. The average Bonchev–Trinajstić information content (AvgIpc) is 2.75. The van der Waals surface area contributed by atoms with E-state index in [0.29, 0.717) is 5.00 Å². The molecular formula is C11H10N2O3S. The lowest BCUT2D eigenvalue weighted by Crippen LogP contribution is -2.22. The summed E-state index contributed by atoms with van der Waals surface area (Å²) in [6.45, 7) is 1.93. The van der Waals surface area contributed by atoms with E-state index in [0.717, 1.165) is 4.88 Å². The first-order chi connectivity index (χ1) is 8.11. The van der Waals surface area contributed by atoms with Gasteiger partial charge in [0, 0.05) is 10.9 Å². The molecule has 0 bridgehead atoms. The largest absolute Gasteiger partial charge is 0.464 e. The van der Waals surface area contributed by atoms with Crippen LogP contribution in [0.15, 0.2) is 29.1 Å². The highest BCUT2D eigenvalue weighted by Crippen LogP contribution is 2.17. The summed E-state index contributed by atoms with van der Waals surface area (Å²) in [5.41, 5.74) is -0.169. The van der Waals surface area contributed by atoms with Gasteiger partial charge >= 0.3 is 5.97 Å². The van der Waals surface area contributed by atoms with Crippen LogP contribution in [0.3, 0.4) is 0 Å². The van der Waals surface area contributed by atoms with E-state index in [1.165, 1.54) is 35.3 Å². The van der Waals surface area contributed by atoms with Crippen LogP contribution in [0.2, 0.25) is 0 Å². The number of aromatic nitrogens is 2. The van der Waals surface area contributed by atoms with E-state index in [4.69, 9.17) is 0 Å². The van der Waals surface area contributed by atoms with E-state index >= 15 is 0 Å². The molecule has 0 aliphatic carbocycles. The quantitative estimate of drug-likeness (QED) is 0.756. The van der Waals surface area contributed by atoms with Gasteiger partial charge in [-0.25, -0.2) is 4.79 Å². The molecule has 6 heteroatoms. The first-order valence-corrected chi connectivity index (χ1v) is 5.69. The van der Waals surface area contributed by atoms with Crippen molar-refractivity contribution in [3.05, 3.63) is 45.2 Å². The lowest BCUT2D eigenvalue weighted by atomic mass is 10.4. The van der Waals surface area contributed by atoms with Crippen LogP contribution in [-0.4, -0.2) is 22.9 Å². The first-order valence-electron chi connectivity index (χ1n) is 4.87. The molecule has 0 atom stereocenters. The SMILES string of the molecule is COC(=O)c1ccc(=O)n(-c2ccc(C)s2)n1. The third-order valence-corrected chi connectivity index (χ3v) is 3.11. The highest BCUT2D eigenvalue weighted by molar-refractivity contribution is 7.14. The maximum atomic E-state index is 11.6. The fourth-order valence-corrected chi connectivity index (χ4v) is 2.14. The lowest BCUT2D eigenvalue weighted by Gasteiger charge is -2.02. The van der Waals surface area contributed by atoms with Gasteiger partial charge in [-0.05, 0) is 25.1 Å². The van der Waals surface area contributed by atoms with Gasteiger partial charge in [0.1, 0.15) is 5.00 Å². The third kappa shape index (κ3) is 2.26. The van der Waals surface area contributed by atoms with Crippen molar-refractivity contribution in [1.29, 1.82) is 0 Å². The normalized spacial score (nSPS) is 10.2. The summed E-state index contributed by atoms with van der Waals surface area (Å²) in [6, 6.07) is 6.33. The second kappa shape index (κ2) is 4.50. The zero-order valence-corrected chi connectivity index (χ0v) is 10.2. The van der Waals surface area contributed by atoms with Crippen LogP contribution >= 0.6 is 11.3 Å². The molecule has 2 rings (SSSR count). The number of rotatable bonds is 2. The number of ether oxygens (including phenoxy) is 1. The molecule has 2 aromatic rings. The van der Waals surface area contributed by atoms with E-state index in [9.17, 15) is 9.59 Å². The standard InChI is InChI=1S/C11H10N2O3S/c1-7-3-6-10(17-7)13-9(14)5-4-8(12-13)11(15)16-2/h3-6H,1-2H3. The minimum absolute atomic E-state index is 0.109. The van der Waals surface area contributed by atoms with Crippen LogP contribution in [0.25, 0.3) is 5.00 Å². The molecule has 0 radical (unpaired) electrons. The smallest absolute Gasteiger partial charge is 0.358 e. The van der Waals surface area contributed by atoms with Crippen molar-refractivity contribution in [2.24, 2.45) is 0 Å². The van der Waals surface area contributed by atoms with Crippen molar-refractivity contribution in [3.63, 3.8) is 0 Å². The lowest BCUT2D eigenvalue weighted by molar-refractivity contribution is 0.0591. The first kappa shape index (κ1) is 11.5. The number of aryl methyl sites for hydroxylation is 1. The van der Waals surface area contributed by atoms with Crippen molar-refractivity contribution >= 4 is 17.3 Å². The number of methoxy groups -OCH3 is 1. The number of hydrogen-bond donors (Lipinski definition) is 0. The van der Waals surface area contributed by atoms with Crippen LogP contribution in [0.4, 0.5) is 0 Å². The van der Waals surface area contributed by atoms with E-state index in [2.05, 4.69) is 9.84 Å². The van der Waals surface area contributed by atoms with Gasteiger partial charge in [-0.3, -0.25) is 4.79 Å². The number of nitrogens with zero attached hydrogens (tertiary/aromatic N) is 2. The second-order valence-electron chi connectivity index (χ2n) is 3.34. The van der Waals surface area contributed by atoms with Crippen molar-refractivity contribution in [2.75, 3.05) is 7.11 Å². The number of carbonyl (C=O) groups is 1. The molecule has 0 saturated heterocycles. The Morgan fingerprint density at radius 3 is 2.71 bits per heavy atom. The van der Waals surface area contributed by atoms with Gasteiger partial charge in [0.2, 0.25) is 0 Å². The van der Waals surface area contributed by atoms with Crippen molar-refractivity contribution in [3.8, 4) is 5.00 Å². The van der Waals surface area contributed by atoms with Crippen LogP contribution in [0, 0.1) is 6.92 Å². The van der Waals surface area contributed by atoms with Crippen LogP contribution in [0.1, 0.15) is 15.4 Å². The van der Waals surface area contributed by atoms with E-state index in [1.54, 1.807) is 6.07 Å². The van der Waals surface area contributed by atoms with Crippen molar-refractivity contribution < 1.29 is 9.53 Å². The molecule has 0 fully saturated rings. The van der Waals surface area contributed by atoms with E-state index in [1.807, 2.05) is 13.0 Å². The fourth-order valence-electron chi connectivity index (χ4n) is 1.32. The van der Waals surface area contributed by atoms with Gasteiger partial charge in [0.05, 0.1) is 7.11 Å². The molecule has 5 nitrogen and oxygen atoms in total. The van der Waals surface area contributed by atoms with Gasteiger partial charge < -0.3 is 4.74 Å².